The third-order valence-corrected chi connectivity index (χ3v) is 4.71. The Balaban J connectivity index is 2.06. The van der Waals surface area contributed by atoms with E-state index in [2.05, 4.69) is 6.92 Å². The summed E-state index contributed by atoms with van der Waals surface area (Å²) in [6.45, 7) is 3.65. The number of halogens is 2. The molecule has 0 N–H and O–H groups in total. The second kappa shape index (κ2) is 6.36. The molecule has 120 valence electrons. The van der Waals surface area contributed by atoms with Crippen LogP contribution in [0.1, 0.15) is 38.2 Å². The predicted molar refractivity (Wildman–Crippen MR) is 86.5 cm³/mol. The highest BCUT2D eigenvalue weighted by Crippen LogP contribution is 2.51. The molecule has 0 unspecified atom stereocenters. The van der Waals surface area contributed by atoms with Crippen molar-refractivity contribution in [2.75, 3.05) is 24.7 Å². The summed E-state index contributed by atoms with van der Waals surface area (Å²) < 4.78 is 11.6. The number of hydrogen-bond acceptors (Lipinski definition) is 3. The summed E-state index contributed by atoms with van der Waals surface area (Å²) in [5.41, 5.74) is 1.19. The van der Waals surface area contributed by atoms with Crippen LogP contribution in [0.15, 0.2) is 12.1 Å². The topological polar surface area (TPSA) is 38.8 Å². The smallest absolute Gasteiger partial charge is 0.292 e. The van der Waals surface area contributed by atoms with Gasteiger partial charge in [0, 0.05) is 6.54 Å². The van der Waals surface area contributed by atoms with Gasteiger partial charge >= 0.3 is 0 Å². The van der Waals surface area contributed by atoms with Gasteiger partial charge in [0.25, 0.3) is 11.7 Å². The van der Waals surface area contributed by atoms with Gasteiger partial charge in [-0.25, -0.2) is 0 Å². The van der Waals surface area contributed by atoms with Crippen molar-refractivity contribution in [3.63, 3.8) is 0 Å². The monoisotopic (exact) mass is 343 g/mol. The molecule has 22 heavy (non-hydrogen) atoms. The summed E-state index contributed by atoms with van der Waals surface area (Å²) in [4.78, 5) is 14.7. The molecule has 1 spiro atoms. The maximum atomic E-state index is 13.0. The number of amides is 1. The van der Waals surface area contributed by atoms with E-state index in [1.54, 1.807) is 17.0 Å². The first-order valence-corrected chi connectivity index (χ1v) is 8.45. The zero-order valence-electron chi connectivity index (χ0n) is 12.5. The van der Waals surface area contributed by atoms with Gasteiger partial charge in [0.05, 0.1) is 34.5 Å². The molecule has 3 rings (SSSR count). The summed E-state index contributed by atoms with van der Waals surface area (Å²) in [6.07, 6.45) is 3.79. The third kappa shape index (κ3) is 2.42. The zero-order valence-corrected chi connectivity index (χ0v) is 14.0. The fourth-order valence-corrected chi connectivity index (χ4v) is 3.57. The average molecular weight is 344 g/mol. The highest BCUT2D eigenvalue weighted by molar-refractivity contribution is 6.38. The second-order valence-corrected chi connectivity index (χ2v) is 6.40. The van der Waals surface area contributed by atoms with E-state index in [-0.39, 0.29) is 5.91 Å². The minimum atomic E-state index is -1.41. The Morgan fingerprint density at radius 3 is 2.55 bits per heavy atom. The molecule has 4 nitrogen and oxygen atoms in total. The van der Waals surface area contributed by atoms with E-state index in [1.807, 2.05) is 0 Å². The van der Waals surface area contributed by atoms with E-state index in [0.717, 1.165) is 25.7 Å². The van der Waals surface area contributed by atoms with Crippen LogP contribution in [0.25, 0.3) is 0 Å². The molecule has 2 aliphatic rings. The lowest BCUT2D eigenvalue weighted by molar-refractivity contribution is -0.256. The second-order valence-electron chi connectivity index (χ2n) is 5.58. The van der Waals surface area contributed by atoms with Gasteiger partial charge in [-0.1, -0.05) is 43.0 Å². The van der Waals surface area contributed by atoms with Crippen LogP contribution in [0.3, 0.4) is 0 Å². The Hall–Kier alpha value is -0.810. The number of unbranched alkanes of at least 4 members (excludes halogenated alkanes) is 2. The minimum Gasteiger partial charge on any atom is -0.338 e. The van der Waals surface area contributed by atoms with E-state index in [4.69, 9.17) is 32.7 Å². The van der Waals surface area contributed by atoms with Gasteiger partial charge in [-0.05, 0) is 25.0 Å². The quantitative estimate of drug-likeness (QED) is 0.772. The Morgan fingerprint density at radius 1 is 1.18 bits per heavy atom. The summed E-state index contributed by atoms with van der Waals surface area (Å²) in [6, 6.07) is 3.40. The van der Waals surface area contributed by atoms with Crippen molar-refractivity contribution in [3.05, 3.63) is 27.7 Å². The summed E-state index contributed by atoms with van der Waals surface area (Å²) >= 11 is 12.7. The molecule has 0 aromatic heterocycles. The number of fused-ring (bicyclic) bond motifs is 2. The number of nitrogens with zero attached hydrogens (tertiary/aromatic N) is 1. The first kappa shape index (κ1) is 16.1. The van der Waals surface area contributed by atoms with Crippen LogP contribution < -0.4 is 4.90 Å². The van der Waals surface area contributed by atoms with E-state index in [1.165, 1.54) is 0 Å². The number of rotatable bonds is 4. The number of carbonyl (C=O) groups excluding carboxylic acids is 1. The van der Waals surface area contributed by atoms with Crippen LogP contribution in [0, 0.1) is 0 Å². The normalized spacial score (nSPS) is 19.8. The molecule has 6 heteroatoms. The van der Waals surface area contributed by atoms with Gasteiger partial charge in [-0.3, -0.25) is 4.79 Å². The molecule has 1 aromatic rings. The van der Waals surface area contributed by atoms with Crippen molar-refractivity contribution in [1.29, 1.82) is 0 Å². The largest absolute Gasteiger partial charge is 0.338 e. The minimum absolute atomic E-state index is 0.215. The number of anilines is 1. The maximum Gasteiger partial charge on any atom is 0.292 e. The third-order valence-electron chi connectivity index (χ3n) is 4.09. The number of benzene rings is 1. The van der Waals surface area contributed by atoms with Gasteiger partial charge in [-0.15, -0.1) is 0 Å². The Morgan fingerprint density at radius 2 is 1.86 bits per heavy atom. The van der Waals surface area contributed by atoms with E-state index >= 15 is 0 Å². The lowest BCUT2D eigenvalue weighted by Crippen LogP contribution is -2.47. The fourth-order valence-electron chi connectivity index (χ4n) is 3.04. The molecule has 1 aromatic carbocycles. The van der Waals surface area contributed by atoms with Crippen molar-refractivity contribution in [3.8, 4) is 0 Å². The molecular formula is C16H19Cl2NO3. The standard InChI is InChI=1S/C16H19Cl2NO3/c1-2-3-4-8-19-14-12(18)7-6-11(17)13(14)16(15(19)20)21-9-5-10-22-16/h6-7H,2-5,8-10H2,1H3. The summed E-state index contributed by atoms with van der Waals surface area (Å²) in [5.74, 6) is -1.63. The van der Waals surface area contributed by atoms with Crippen molar-refractivity contribution in [2.24, 2.45) is 0 Å². The number of carbonyl (C=O) groups is 1. The first-order chi connectivity index (χ1) is 10.6. The summed E-state index contributed by atoms with van der Waals surface area (Å²) in [5, 5.41) is 0.950. The fraction of sp³-hybridized carbons (Fsp3) is 0.562. The molecule has 0 bridgehead atoms. The van der Waals surface area contributed by atoms with Gasteiger partial charge in [0.2, 0.25) is 0 Å². The molecule has 2 heterocycles. The number of hydrogen-bond donors (Lipinski definition) is 0. The van der Waals surface area contributed by atoms with Crippen molar-refractivity contribution < 1.29 is 14.3 Å². The Kier molecular flexibility index (Phi) is 4.64. The zero-order chi connectivity index (χ0) is 15.7. The molecule has 0 atom stereocenters. The highest BCUT2D eigenvalue weighted by Gasteiger charge is 2.56. The maximum absolute atomic E-state index is 13.0. The van der Waals surface area contributed by atoms with E-state index in [0.29, 0.717) is 41.1 Å². The van der Waals surface area contributed by atoms with Crippen molar-refractivity contribution in [2.45, 2.75) is 38.4 Å². The number of ether oxygens (including phenoxy) is 2. The van der Waals surface area contributed by atoms with Crippen LogP contribution >= 0.6 is 23.2 Å². The van der Waals surface area contributed by atoms with Gasteiger partial charge in [-0.2, -0.15) is 0 Å². The van der Waals surface area contributed by atoms with Gasteiger partial charge < -0.3 is 14.4 Å². The molecule has 2 aliphatic heterocycles. The van der Waals surface area contributed by atoms with Crippen LogP contribution in [-0.2, 0) is 20.1 Å². The van der Waals surface area contributed by atoms with Gasteiger partial charge in [0.1, 0.15) is 0 Å². The van der Waals surface area contributed by atoms with Crippen LogP contribution in [0.2, 0.25) is 10.0 Å². The van der Waals surface area contributed by atoms with Crippen molar-refractivity contribution in [1.82, 2.24) is 0 Å². The van der Waals surface area contributed by atoms with E-state index in [9.17, 15) is 4.79 Å². The SMILES string of the molecule is CCCCCN1C(=O)C2(OCCCO2)c2c(Cl)ccc(Cl)c21. The first-order valence-electron chi connectivity index (χ1n) is 7.70. The predicted octanol–water partition coefficient (Wildman–Crippen LogP) is 4.12. The molecular weight excluding hydrogens is 325 g/mol. The molecule has 1 fully saturated rings. The van der Waals surface area contributed by atoms with E-state index < -0.39 is 5.79 Å². The molecule has 1 saturated heterocycles. The highest BCUT2D eigenvalue weighted by atomic mass is 35.5. The van der Waals surface area contributed by atoms with Gasteiger partial charge in [0.15, 0.2) is 0 Å². The summed E-state index contributed by atoms with van der Waals surface area (Å²) in [7, 11) is 0. The average Bonchev–Trinajstić information content (AvgIpc) is 2.76. The lowest BCUT2D eigenvalue weighted by Gasteiger charge is -2.32. The lowest BCUT2D eigenvalue weighted by atomic mass is 10.1. The van der Waals surface area contributed by atoms with Crippen molar-refractivity contribution >= 4 is 34.8 Å². The molecule has 1 amide bonds. The molecule has 0 radical (unpaired) electrons. The Labute approximate surface area is 140 Å². The van der Waals surface area contributed by atoms with Crippen LogP contribution in [-0.4, -0.2) is 25.7 Å². The molecule has 0 saturated carbocycles. The van der Waals surface area contributed by atoms with Crippen LogP contribution in [0.4, 0.5) is 5.69 Å². The van der Waals surface area contributed by atoms with Crippen LogP contribution in [0.5, 0.6) is 0 Å². The molecule has 0 aliphatic carbocycles. The Bertz CT molecular complexity index is 585.